The summed E-state index contributed by atoms with van der Waals surface area (Å²) < 4.78 is 0. The smallest absolute Gasteiger partial charge is 0.00105 e. The fraction of sp³-hybridized carbons (Fsp3) is 0.564. The van der Waals surface area contributed by atoms with E-state index in [1.54, 1.807) is 44.5 Å². The zero-order valence-electron chi connectivity index (χ0n) is 34.9. The molecule has 55 heavy (non-hydrogen) atoms. The zero-order valence-corrected chi connectivity index (χ0v) is 34.9. The Bertz CT molecular complexity index is 1900. The lowest BCUT2D eigenvalue weighted by Gasteiger charge is -2.53. The zero-order chi connectivity index (χ0) is 37.4. The van der Waals surface area contributed by atoms with E-state index >= 15 is 0 Å². The summed E-state index contributed by atoms with van der Waals surface area (Å²) in [6.45, 7) is 10.2. The molecule has 0 bridgehead atoms. The Balaban J connectivity index is 0.864. The Hall–Kier alpha value is -3.12. The normalized spacial score (nSPS) is 26.8. The summed E-state index contributed by atoms with van der Waals surface area (Å²) in [5, 5.41) is 0. The molecule has 0 aromatic heterocycles. The maximum atomic E-state index is 2.73. The van der Waals surface area contributed by atoms with E-state index in [1.165, 1.54) is 138 Å². The first-order valence-corrected chi connectivity index (χ1v) is 23.2. The van der Waals surface area contributed by atoms with Gasteiger partial charge in [-0.15, -0.1) is 0 Å². The molecule has 4 saturated carbocycles. The van der Waals surface area contributed by atoms with E-state index < -0.39 is 0 Å². The molecule has 288 valence electrons. The molecule has 6 aliphatic rings. The van der Waals surface area contributed by atoms with Crippen LogP contribution in [-0.2, 0) is 23.7 Å². The van der Waals surface area contributed by atoms with Gasteiger partial charge in [0.15, 0.2) is 0 Å². The van der Waals surface area contributed by atoms with Gasteiger partial charge in [0.25, 0.3) is 0 Å². The number of rotatable bonds is 6. The van der Waals surface area contributed by atoms with E-state index in [-0.39, 0.29) is 0 Å². The molecule has 0 N–H and O–H groups in total. The highest BCUT2D eigenvalue weighted by molar-refractivity contribution is 5.80. The molecular weight excluding hydrogens is 661 g/mol. The highest BCUT2D eigenvalue weighted by atomic mass is 14.5. The van der Waals surface area contributed by atoms with E-state index in [0.29, 0.717) is 16.2 Å². The second kappa shape index (κ2) is 14.1. The van der Waals surface area contributed by atoms with Gasteiger partial charge in [0.05, 0.1) is 0 Å². The van der Waals surface area contributed by atoms with Gasteiger partial charge in [-0.25, -0.2) is 0 Å². The molecule has 0 amide bonds. The van der Waals surface area contributed by atoms with Crippen molar-refractivity contribution in [1.82, 2.24) is 0 Å². The molecule has 0 heteroatoms. The van der Waals surface area contributed by atoms with Gasteiger partial charge in [0, 0.05) is 0 Å². The molecule has 0 heterocycles. The minimum Gasteiger partial charge on any atom is -0.0619 e. The van der Waals surface area contributed by atoms with Crippen LogP contribution >= 0.6 is 0 Å². The first kappa shape index (κ1) is 36.2. The third-order valence-electron chi connectivity index (χ3n) is 17.8. The number of hydrogen-bond donors (Lipinski definition) is 0. The second-order valence-corrected chi connectivity index (χ2v) is 20.7. The Kier molecular flexibility index (Phi) is 9.26. The highest BCUT2D eigenvalue weighted by Gasteiger charge is 2.50. The summed E-state index contributed by atoms with van der Waals surface area (Å²) >= 11 is 0. The summed E-state index contributed by atoms with van der Waals surface area (Å²) in [5.74, 6) is 3.44. The molecule has 0 aliphatic heterocycles. The van der Waals surface area contributed by atoms with Gasteiger partial charge in [-0.05, 0) is 199 Å². The van der Waals surface area contributed by atoms with Crippen molar-refractivity contribution in [2.45, 2.75) is 167 Å². The predicted molar refractivity (Wildman–Crippen MR) is 233 cm³/mol. The van der Waals surface area contributed by atoms with Gasteiger partial charge in [0.1, 0.15) is 0 Å². The van der Waals surface area contributed by atoms with E-state index in [4.69, 9.17) is 0 Å². The third kappa shape index (κ3) is 5.95. The molecule has 0 nitrogen and oxygen atoms in total. The number of fused-ring (bicyclic) bond motifs is 6. The van der Waals surface area contributed by atoms with Crippen LogP contribution in [0.1, 0.15) is 174 Å². The van der Waals surface area contributed by atoms with Crippen LogP contribution in [0.25, 0.3) is 22.3 Å². The molecule has 10 rings (SSSR count). The van der Waals surface area contributed by atoms with E-state index in [2.05, 4.69) is 100 Å². The van der Waals surface area contributed by atoms with Crippen molar-refractivity contribution < 1.29 is 0 Å². The Morgan fingerprint density at radius 1 is 0.455 bits per heavy atom. The maximum Gasteiger partial charge on any atom is -0.00105 e. The molecule has 0 saturated heterocycles. The van der Waals surface area contributed by atoms with Crippen molar-refractivity contribution in [2.24, 2.45) is 29.1 Å². The van der Waals surface area contributed by atoms with Crippen LogP contribution < -0.4 is 0 Å². The molecule has 4 aromatic rings. The average Bonchev–Trinajstić information content (AvgIpc) is 3.79. The standard InChI is InChI=1S/C55H68/c1-37-31-47-45-17-9-7-15-39(45)35-49(47)51(33-37)54(27-11-5-12-28-54)43-23-19-41(20-24-43)53(3,4)42-21-25-44(26-22-42)55(29-13-6-14-30-55)52-34-38(2)32-48-46-18-10-8-16-40(46)36-50(48)52/h7-10,15-18,31-34,41-44H,5-6,11-14,19-30,35-36H2,1-4H3. The first-order chi connectivity index (χ1) is 26.8. The minimum absolute atomic E-state index is 0.384. The molecule has 0 radical (unpaired) electrons. The molecule has 0 unspecified atom stereocenters. The van der Waals surface area contributed by atoms with Crippen molar-refractivity contribution in [3.63, 3.8) is 0 Å². The molecule has 0 atom stereocenters. The van der Waals surface area contributed by atoms with Crippen LogP contribution in [0, 0.1) is 42.9 Å². The highest BCUT2D eigenvalue weighted by Crippen LogP contribution is 2.60. The Labute approximate surface area is 334 Å². The molecule has 6 aliphatic carbocycles. The SMILES string of the molecule is Cc1cc2c(c(C3(C4CCC(C(C)(C)C5CCC(C6(c7cc(C)cc8c7Cc7ccccc7-8)CCCCC6)CC5)CC4)CCCCC3)c1)Cc1ccccc1-2. The first-order valence-electron chi connectivity index (χ1n) is 23.2. The van der Waals surface area contributed by atoms with E-state index in [0.717, 1.165) is 36.5 Å². The summed E-state index contributed by atoms with van der Waals surface area (Å²) in [5.41, 5.74) is 20.4. The fourth-order valence-electron chi connectivity index (χ4n) is 14.9. The van der Waals surface area contributed by atoms with E-state index in [9.17, 15) is 0 Å². The van der Waals surface area contributed by atoms with Crippen molar-refractivity contribution in [3.05, 3.63) is 117 Å². The summed E-state index contributed by atoms with van der Waals surface area (Å²) in [6.07, 6.45) is 28.1. The minimum atomic E-state index is 0.384. The van der Waals surface area contributed by atoms with Gasteiger partial charge >= 0.3 is 0 Å². The van der Waals surface area contributed by atoms with Crippen LogP contribution in [-0.4, -0.2) is 0 Å². The van der Waals surface area contributed by atoms with Crippen LogP contribution in [0.2, 0.25) is 0 Å². The lowest BCUT2D eigenvalue weighted by Crippen LogP contribution is -2.45. The van der Waals surface area contributed by atoms with Crippen molar-refractivity contribution in [3.8, 4) is 22.3 Å². The quantitative estimate of drug-likeness (QED) is 0.160. The Morgan fingerprint density at radius 2 is 0.836 bits per heavy atom. The van der Waals surface area contributed by atoms with E-state index in [1.807, 2.05) is 0 Å². The Morgan fingerprint density at radius 3 is 1.24 bits per heavy atom. The molecule has 0 spiro atoms. The summed E-state index contributed by atoms with van der Waals surface area (Å²) in [7, 11) is 0. The lowest BCUT2D eigenvalue weighted by molar-refractivity contribution is 0.0108. The van der Waals surface area contributed by atoms with Gasteiger partial charge in [-0.1, -0.05) is 136 Å². The monoisotopic (exact) mass is 729 g/mol. The topological polar surface area (TPSA) is 0 Å². The third-order valence-corrected chi connectivity index (χ3v) is 17.8. The van der Waals surface area contributed by atoms with Crippen LogP contribution in [0.5, 0.6) is 0 Å². The average molecular weight is 729 g/mol. The van der Waals surface area contributed by atoms with Gasteiger partial charge < -0.3 is 0 Å². The second-order valence-electron chi connectivity index (χ2n) is 20.7. The van der Waals surface area contributed by atoms with Gasteiger partial charge in [-0.2, -0.15) is 0 Å². The number of hydrogen-bond acceptors (Lipinski definition) is 0. The van der Waals surface area contributed by atoms with Crippen LogP contribution in [0.3, 0.4) is 0 Å². The van der Waals surface area contributed by atoms with Crippen LogP contribution in [0.4, 0.5) is 0 Å². The van der Waals surface area contributed by atoms with Crippen molar-refractivity contribution in [2.75, 3.05) is 0 Å². The number of benzene rings is 4. The van der Waals surface area contributed by atoms with Gasteiger partial charge in [0.2, 0.25) is 0 Å². The summed E-state index contributed by atoms with van der Waals surface area (Å²) in [4.78, 5) is 0. The largest absolute Gasteiger partial charge is 0.0619 e. The number of aryl methyl sites for hydroxylation is 2. The maximum absolute atomic E-state index is 2.73. The fourth-order valence-corrected chi connectivity index (χ4v) is 14.9. The lowest BCUT2D eigenvalue weighted by atomic mass is 9.52. The van der Waals surface area contributed by atoms with Crippen molar-refractivity contribution in [1.29, 1.82) is 0 Å². The predicted octanol–water partition coefficient (Wildman–Crippen LogP) is 15.2. The molecule has 4 aromatic carbocycles. The molecular formula is C55H68. The van der Waals surface area contributed by atoms with Crippen molar-refractivity contribution >= 4 is 0 Å². The molecule has 4 fully saturated rings. The van der Waals surface area contributed by atoms with Gasteiger partial charge in [-0.3, -0.25) is 0 Å². The summed E-state index contributed by atoms with van der Waals surface area (Å²) in [6, 6.07) is 29.0. The van der Waals surface area contributed by atoms with Crippen LogP contribution in [0.15, 0.2) is 72.8 Å².